The number of nitrogens with zero attached hydrogens (tertiary/aromatic N) is 1. The van der Waals surface area contributed by atoms with E-state index in [-0.39, 0.29) is 23.9 Å². The van der Waals surface area contributed by atoms with Gasteiger partial charge in [-0.1, -0.05) is 6.07 Å². The molecule has 0 radical (unpaired) electrons. The quantitative estimate of drug-likeness (QED) is 0.840. The number of carbonyl (C=O) groups excluding carboxylic acids is 1. The van der Waals surface area contributed by atoms with Gasteiger partial charge in [-0.3, -0.25) is 4.79 Å². The number of carbonyl (C=O) groups is 1. The smallest absolute Gasteiger partial charge is 0.227 e. The van der Waals surface area contributed by atoms with Crippen molar-refractivity contribution >= 4 is 5.91 Å². The van der Waals surface area contributed by atoms with E-state index >= 15 is 0 Å². The standard InChI is InChI=1S/C12H14F2N2O/c13-9-2-1-8(11(14)6-9)5-12(17)16-4-3-10(15)7-16/h1-2,6,10H,3-5,7,15H2. The zero-order valence-corrected chi connectivity index (χ0v) is 9.33. The van der Waals surface area contributed by atoms with Gasteiger partial charge >= 0.3 is 0 Å². The Labute approximate surface area is 98.2 Å². The SMILES string of the molecule is NC1CCN(C(=O)Cc2ccc(F)cc2F)C1. The molecule has 1 heterocycles. The van der Waals surface area contributed by atoms with Crippen molar-refractivity contribution in [1.29, 1.82) is 0 Å². The van der Waals surface area contributed by atoms with Crippen LogP contribution in [0.4, 0.5) is 8.78 Å². The molecule has 1 atom stereocenters. The van der Waals surface area contributed by atoms with Crippen LogP contribution in [0, 0.1) is 11.6 Å². The Morgan fingerprint density at radius 2 is 2.24 bits per heavy atom. The molecular formula is C12H14F2N2O. The Morgan fingerprint density at radius 1 is 1.47 bits per heavy atom. The largest absolute Gasteiger partial charge is 0.341 e. The van der Waals surface area contributed by atoms with Gasteiger partial charge in [-0.2, -0.15) is 0 Å². The first-order chi connectivity index (χ1) is 8.06. The highest BCUT2D eigenvalue weighted by atomic mass is 19.1. The van der Waals surface area contributed by atoms with Crippen LogP contribution in [0.25, 0.3) is 0 Å². The molecule has 1 aliphatic heterocycles. The van der Waals surface area contributed by atoms with Gasteiger partial charge in [0.05, 0.1) is 6.42 Å². The predicted octanol–water partition coefficient (Wildman–Crippen LogP) is 1.07. The molecule has 1 fully saturated rings. The van der Waals surface area contributed by atoms with E-state index < -0.39 is 11.6 Å². The Morgan fingerprint density at radius 3 is 2.82 bits per heavy atom. The van der Waals surface area contributed by atoms with E-state index in [1.807, 2.05) is 0 Å². The summed E-state index contributed by atoms with van der Waals surface area (Å²) < 4.78 is 26.0. The number of hydrogen-bond acceptors (Lipinski definition) is 2. The number of halogens is 2. The molecule has 0 spiro atoms. The number of likely N-dealkylation sites (tertiary alicyclic amines) is 1. The second kappa shape index (κ2) is 4.79. The zero-order chi connectivity index (χ0) is 12.4. The highest BCUT2D eigenvalue weighted by molar-refractivity contribution is 5.79. The Kier molecular flexibility index (Phi) is 3.38. The molecule has 0 bridgehead atoms. The van der Waals surface area contributed by atoms with Crippen LogP contribution in [0.3, 0.4) is 0 Å². The first-order valence-electron chi connectivity index (χ1n) is 5.53. The fraction of sp³-hybridized carbons (Fsp3) is 0.417. The molecular weight excluding hydrogens is 226 g/mol. The molecule has 1 aliphatic rings. The highest BCUT2D eigenvalue weighted by Gasteiger charge is 2.24. The minimum Gasteiger partial charge on any atom is -0.341 e. The van der Waals surface area contributed by atoms with Gasteiger partial charge in [-0.15, -0.1) is 0 Å². The molecule has 2 N–H and O–H groups in total. The molecule has 1 aromatic rings. The van der Waals surface area contributed by atoms with Crippen LogP contribution >= 0.6 is 0 Å². The fourth-order valence-corrected chi connectivity index (χ4v) is 1.95. The summed E-state index contributed by atoms with van der Waals surface area (Å²) in [6, 6.07) is 3.26. The van der Waals surface area contributed by atoms with Crippen molar-refractivity contribution in [2.75, 3.05) is 13.1 Å². The van der Waals surface area contributed by atoms with E-state index in [0.29, 0.717) is 13.1 Å². The first-order valence-corrected chi connectivity index (χ1v) is 5.53. The topological polar surface area (TPSA) is 46.3 Å². The summed E-state index contributed by atoms with van der Waals surface area (Å²) in [5.74, 6) is -1.48. The van der Waals surface area contributed by atoms with Gasteiger partial charge in [0.2, 0.25) is 5.91 Å². The molecule has 1 aromatic carbocycles. The summed E-state index contributed by atoms with van der Waals surface area (Å²) >= 11 is 0. The molecule has 17 heavy (non-hydrogen) atoms. The molecule has 1 amide bonds. The molecule has 5 heteroatoms. The maximum atomic E-state index is 13.3. The van der Waals surface area contributed by atoms with Crippen LogP contribution in [-0.2, 0) is 11.2 Å². The number of benzene rings is 1. The Balaban J connectivity index is 2.03. The maximum absolute atomic E-state index is 13.3. The maximum Gasteiger partial charge on any atom is 0.227 e. The van der Waals surface area contributed by atoms with Crippen LogP contribution in [-0.4, -0.2) is 29.9 Å². The van der Waals surface area contributed by atoms with Gasteiger partial charge in [-0.25, -0.2) is 8.78 Å². The molecule has 3 nitrogen and oxygen atoms in total. The summed E-state index contributed by atoms with van der Waals surface area (Å²) in [6.45, 7) is 1.13. The normalized spacial score (nSPS) is 19.7. The molecule has 1 unspecified atom stereocenters. The van der Waals surface area contributed by atoms with Crippen LogP contribution in [0.2, 0.25) is 0 Å². The number of hydrogen-bond donors (Lipinski definition) is 1. The summed E-state index contributed by atoms with van der Waals surface area (Å²) in [5.41, 5.74) is 5.91. The van der Waals surface area contributed by atoms with E-state index in [9.17, 15) is 13.6 Å². The number of amides is 1. The Hall–Kier alpha value is -1.49. The minimum atomic E-state index is -0.679. The van der Waals surface area contributed by atoms with E-state index in [1.54, 1.807) is 4.90 Å². The second-order valence-electron chi connectivity index (χ2n) is 4.30. The molecule has 0 saturated carbocycles. The average molecular weight is 240 g/mol. The molecule has 2 rings (SSSR count). The van der Waals surface area contributed by atoms with E-state index in [0.717, 1.165) is 18.6 Å². The number of nitrogens with two attached hydrogens (primary N) is 1. The van der Waals surface area contributed by atoms with Crippen LogP contribution < -0.4 is 5.73 Å². The molecule has 0 aliphatic carbocycles. The lowest BCUT2D eigenvalue weighted by atomic mass is 10.1. The van der Waals surface area contributed by atoms with Crippen molar-refractivity contribution in [2.24, 2.45) is 5.73 Å². The molecule has 0 aromatic heterocycles. The summed E-state index contributed by atoms with van der Waals surface area (Å²) in [6.07, 6.45) is 0.733. The lowest BCUT2D eigenvalue weighted by Gasteiger charge is -2.15. The van der Waals surface area contributed by atoms with Crippen molar-refractivity contribution in [1.82, 2.24) is 4.90 Å². The van der Waals surface area contributed by atoms with E-state index in [1.165, 1.54) is 6.07 Å². The average Bonchev–Trinajstić information content (AvgIpc) is 2.69. The van der Waals surface area contributed by atoms with Gasteiger partial charge in [0.1, 0.15) is 11.6 Å². The summed E-state index contributed by atoms with van der Waals surface area (Å²) in [7, 11) is 0. The van der Waals surface area contributed by atoms with Crippen LogP contribution in [0.1, 0.15) is 12.0 Å². The highest BCUT2D eigenvalue weighted by Crippen LogP contribution is 2.14. The van der Waals surface area contributed by atoms with Gasteiger partial charge in [-0.05, 0) is 18.1 Å². The second-order valence-corrected chi connectivity index (χ2v) is 4.30. The van der Waals surface area contributed by atoms with Crippen molar-refractivity contribution in [2.45, 2.75) is 18.9 Å². The van der Waals surface area contributed by atoms with E-state index in [4.69, 9.17) is 5.73 Å². The predicted molar refractivity (Wildman–Crippen MR) is 59.2 cm³/mol. The summed E-state index contributed by atoms with van der Waals surface area (Å²) in [4.78, 5) is 13.4. The monoisotopic (exact) mass is 240 g/mol. The lowest BCUT2D eigenvalue weighted by molar-refractivity contribution is -0.129. The van der Waals surface area contributed by atoms with Crippen molar-refractivity contribution in [3.8, 4) is 0 Å². The fourth-order valence-electron chi connectivity index (χ4n) is 1.95. The zero-order valence-electron chi connectivity index (χ0n) is 9.33. The molecule has 92 valence electrons. The third-order valence-corrected chi connectivity index (χ3v) is 2.93. The summed E-state index contributed by atoms with van der Waals surface area (Å²) in [5, 5.41) is 0. The van der Waals surface area contributed by atoms with Crippen molar-refractivity contribution in [3.05, 3.63) is 35.4 Å². The van der Waals surface area contributed by atoms with Gasteiger partial charge in [0, 0.05) is 25.2 Å². The van der Waals surface area contributed by atoms with Crippen molar-refractivity contribution in [3.63, 3.8) is 0 Å². The number of rotatable bonds is 2. The van der Waals surface area contributed by atoms with Crippen LogP contribution in [0.15, 0.2) is 18.2 Å². The van der Waals surface area contributed by atoms with Crippen molar-refractivity contribution < 1.29 is 13.6 Å². The van der Waals surface area contributed by atoms with Gasteiger partial charge in [0.15, 0.2) is 0 Å². The third kappa shape index (κ3) is 2.79. The third-order valence-electron chi connectivity index (χ3n) is 2.93. The van der Waals surface area contributed by atoms with Crippen LogP contribution in [0.5, 0.6) is 0 Å². The minimum absolute atomic E-state index is 0.0111. The van der Waals surface area contributed by atoms with Gasteiger partial charge < -0.3 is 10.6 Å². The first kappa shape index (κ1) is 12.0. The Bertz CT molecular complexity index is 437. The molecule has 1 saturated heterocycles. The van der Waals surface area contributed by atoms with E-state index in [2.05, 4.69) is 0 Å². The van der Waals surface area contributed by atoms with Gasteiger partial charge in [0.25, 0.3) is 0 Å². The lowest BCUT2D eigenvalue weighted by Crippen LogP contribution is -2.33.